The lowest BCUT2D eigenvalue weighted by Gasteiger charge is -2.25. The van der Waals surface area contributed by atoms with Crippen LogP contribution in [0.15, 0.2) is 12.2 Å². The van der Waals surface area contributed by atoms with Crippen LogP contribution in [0.1, 0.15) is 13.8 Å². The fourth-order valence-corrected chi connectivity index (χ4v) is 1.89. The van der Waals surface area contributed by atoms with E-state index in [1.54, 1.807) is 0 Å². The molecule has 0 aromatic carbocycles. The van der Waals surface area contributed by atoms with Crippen molar-refractivity contribution >= 4 is 11.9 Å². The second-order valence-corrected chi connectivity index (χ2v) is 4.57. The van der Waals surface area contributed by atoms with Crippen molar-refractivity contribution in [3.63, 3.8) is 0 Å². The molecule has 1 saturated heterocycles. The van der Waals surface area contributed by atoms with E-state index >= 15 is 0 Å². The van der Waals surface area contributed by atoms with Crippen LogP contribution in [-0.2, 0) is 23.8 Å². The van der Waals surface area contributed by atoms with E-state index in [0.29, 0.717) is 19.1 Å². The Balaban J connectivity index is 2.24. The molecular formula is C13H21NO5. The van der Waals surface area contributed by atoms with E-state index in [-0.39, 0.29) is 12.8 Å². The van der Waals surface area contributed by atoms with E-state index < -0.39 is 11.9 Å². The van der Waals surface area contributed by atoms with Crippen molar-refractivity contribution in [2.24, 2.45) is 5.92 Å². The summed E-state index contributed by atoms with van der Waals surface area (Å²) >= 11 is 0. The highest BCUT2D eigenvalue weighted by Crippen LogP contribution is 2.17. The minimum atomic E-state index is -0.579. The number of carbonyl (C=O) groups excluding carboxylic acids is 2. The van der Waals surface area contributed by atoms with Crippen molar-refractivity contribution in [3.8, 4) is 0 Å². The highest BCUT2D eigenvalue weighted by molar-refractivity contribution is 5.91. The Kier molecular flexibility index (Phi) is 6.52. The Hall–Kier alpha value is -1.40. The van der Waals surface area contributed by atoms with Crippen LogP contribution >= 0.6 is 0 Å². The van der Waals surface area contributed by atoms with Crippen molar-refractivity contribution in [2.75, 3.05) is 33.4 Å². The van der Waals surface area contributed by atoms with E-state index in [4.69, 9.17) is 9.47 Å². The van der Waals surface area contributed by atoms with Crippen LogP contribution in [0, 0.1) is 5.92 Å². The number of esters is 2. The number of methoxy groups -OCH3 is 1. The molecule has 0 aromatic rings. The van der Waals surface area contributed by atoms with Crippen molar-refractivity contribution in [1.82, 2.24) is 4.90 Å². The van der Waals surface area contributed by atoms with Gasteiger partial charge in [0.15, 0.2) is 0 Å². The van der Waals surface area contributed by atoms with Crippen molar-refractivity contribution in [3.05, 3.63) is 12.2 Å². The summed E-state index contributed by atoms with van der Waals surface area (Å²) in [5.41, 5.74) is 0. The van der Waals surface area contributed by atoms with Gasteiger partial charge in [-0.3, -0.25) is 4.90 Å². The number of hydrogen-bond donors (Lipinski definition) is 0. The largest absolute Gasteiger partial charge is 0.466 e. The van der Waals surface area contributed by atoms with Crippen LogP contribution in [-0.4, -0.2) is 56.5 Å². The molecule has 0 N–H and O–H groups in total. The zero-order chi connectivity index (χ0) is 14.3. The summed E-state index contributed by atoms with van der Waals surface area (Å²) in [6.45, 7) is 6.64. The quantitative estimate of drug-likeness (QED) is 0.520. The number of hydrogen-bond acceptors (Lipinski definition) is 6. The molecule has 0 spiro atoms. The molecule has 1 unspecified atom stereocenters. The Morgan fingerprint density at radius 1 is 1.37 bits per heavy atom. The first-order valence-electron chi connectivity index (χ1n) is 6.33. The van der Waals surface area contributed by atoms with Crippen LogP contribution < -0.4 is 0 Å². The zero-order valence-electron chi connectivity index (χ0n) is 11.6. The summed E-state index contributed by atoms with van der Waals surface area (Å²) in [5.74, 6) is -0.728. The minimum Gasteiger partial charge on any atom is -0.466 e. The van der Waals surface area contributed by atoms with Crippen LogP contribution in [0.2, 0.25) is 0 Å². The number of nitrogens with zero attached hydrogens (tertiary/aromatic N) is 1. The maximum Gasteiger partial charge on any atom is 0.331 e. The molecule has 1 rings (SSSR count). The molecule has 1 aliphatic heterocycles. The maximum absolute atomic E-state index is 11.3. The van der Waals surface area contributed by atoms with Gasteiger partial charge in [-0.15, -0.1) is 0 Å². The predicted octanol–water partition coefficient (Wildman–Crippen LogP) is 0.573. The lowest BCUT2D eigenvalue weighted by Crippen LogP contribution is -2.36. The van der Waals surface area contributed by atoms with E-state index in [2.05, 4.69) is 23.5 Å². The summed E-state index contributed by atoms with van der Waals surface area (Å²) in [5, 5.41) is 0. The van der Waals surface area contributed by atoms with Gasteiger partial charge in [0.25, 0.3) is 0 Å². The van der Waals surface area contributed by atoms with Gasteiger partial charge in [0, 0.05) is 25.2 Å². The fraction of sp³-hybridized carbons (Fsp3) is 0.692. The van der Waals surface area contributed by atoms with Gasteiger partial charge in [0.2, 0.25) is 0 Å². The number of carbonyl (C=O) groups is 2. The van der Waals surface area contributed by atoms with Crippen LogP contribution in [0.4, 0.5) is 0 Å². The highest BCUT2D eigenvalue weighted by Gasteiger charge is 2.27. The Morgan fingerprint density at radius 2 is 2.05 bits per heavy atom. The van der Waals surface area contributed by atoms with Gasteiger partial charge in [-0.05, 0) is 5.92 Å². The lowest BCUT2D eigenvalue weighted by molar-refractivity contribution is -0.140. The SMILES string of the molecule is COC(=O)/C=C/C(=O)OCCN1CCOC1C(C)C. The molecular weight excluding hydrogens is 250 g/mol. The van der Waals surface area contributed by atoms with Crippen molar-refractivity contribution in [1.29, 1.82) is 0 Å². The molecule has 0 aromatic heterocycles. The second-order valence-electron chi connectivity index (χ2n) is 4.57. The van der Waals surface area contributed by atoms with Crippen LogP contribution in [0.25, 0.3) is 0 Å². The standard InChI is InChI=1S/C13H21NO5/c1-10(2)13-14(7-9-19-13)6-8-18-12(16)5-4-11(15)17-3/h4-5,10,13H,6-9H2,1-3H3/b5-4+. The Labute approximate surface area is 113 Å². The lowest BCUT2D eigenvalue weighted by atomic mass is 10.2. The van der Waals surface area contributed by atoms with E-state index in [9.17, 15) is 9.59 Å². The molecule has 0 aliphatic carbocycles. The van der Waals surface area contributed by atoms with Gasteiger partial charge < -0.3 is 14.2 Å². The summed E-state index contributed by atoms with van der Waals surface area (Å²) in [6.07, 6.45) is 2.19. The average molecular weight is 271 g/mol. The van der Waals surface area contributed by atoms with E-state index in [1.165, 1.54) is 7.11 Å². The first-order chi connectivity index (χ1) is 9.04. The maximum atomic E-state index is 11.3. The fourth-order valence-electron chi connectivity index (χ4n) is 1.89. The normalized spacial score (nSPS) is 20.1. The van der Waals surface area contributed by atoms with Gasteiger partial charge in [-0.25, -0.2) is 9.59 Å². The summed E-state index contributed by atoms with van der Waals surface area (Å²) in [7, 11) is 1.25. The summed E-state index contributed by atoms with van der Waals surface area (Å²) in [4.78, 5) is 24.2. The molecule has 1 fully saturated rings. The molecule has 1 atom stereocenters. The minimum absolute atomic E-state index is 0.0873. The predicted molar refractivity (Wildman–Crippen MR) is 68.3 cm³/mol. The third-order valence-corrected chi connectivity index (χ3v) is 2.78. The van der Waals surface area contributed by atoms with E-state index in [1.807, 2.05) is 0 Å². The first kappa shape index (κ1) is 15.7. The van der Waals surface area contributed by atoms with Crippen molar-refractivity contribution in [2.45, 2.75) is 20.1 Å². The van der Waals surface area contributed by atoms with Crippen molar-refractivity contribution < 1.29 is 23.8 Å². The first-order valence-corrected chi connectivity index (χ1v) is 6.33. The summed E-state index contributed by atoms with van der Waals surface area (Å²) in [6, 6.07) is 0. The molecule has 6 nitrogen and oxygen atoms in total. The number of ether oxygens (including phenoxy) is 3. The molecule has 108 valence electrons. The average Bonchev–Trinajstić information content (AvgIpc) is 2.84. The molecule has 0 amide bonds. The van der Waals surface area contributed by atoms with Gasteiger partial charge in [0.05, 0.1) is 13.7 Å². The Bertz CT molecular complexity index is 340. The van der Waals surface area contributed by atoms with E-state index in [0.717, 1.165) is 18.7 Å². The molecule has 0 radical (unpaired) electrons. The molecule has 19 heavy (non-hydrogen) atoms. The monoisotopic (exact) mass is 271 g/mol. The molecule has 0 saturated carbocycles. The molecule has 0 bridgehead atoms. The van der Waals surface area contributed by atoms with Gasteiger partial charge >= 0.3 is 11.9 Å². The third-order valence-electron chi connectivity index (χ3n) is 2.78. The number of rotatable bonds is 6. The molecule has 1 heterocycles. The smallest absolute Gasteiger partial charge is 0.331 e. The molecule has 1 aliphatic rings. The third kappa shape index (κ3) is 5.40. The zero-order valence-corrected chi connectivity index (χ0v) is 11.6. The van der Waals surface area contributed by atoms with Gasteiger partial charge in [0.1, 0.15) is 12.8 Å². The van der Waals surface area contributed by atoms with Crippen LogP contribution in [0.5, 0.6) is 0 Å². The van der Waals surface area contributed by atoms with Gasteiger partial charge in [-0.2, -0.15) is 0 Å². The second kappa shape index (κ2) is 7.91. The van der Waals surface area contributed by atoms with Gasteiger partial charge in [-0.1, -0.05) is 13.8 Å². The summed E-state index contributed by atoms with van der Waals surface area (Å²) < 4.78 is 15.0. The molecule has 6 heteroatoms. The topological polar surface area (TPSA) is 65.1 Å². The Morgan fingerprint density at radius 3 is 2.68 bits per heavy atom. The highest BCUT2D eigenvalue weighted by atomic mass is 16.5. The van der Waals surface area contributed by atoms with Crippen LogP contribution in [0.3, 0.4) is 0 Å².